The third-order valence-electron chi connectivity index (χ3n) is 3.96. The van der Waals surface area contributed by atoms with Crippen LogP contribution in [0.4, 0.5) is 0 Å². The van der Waals surface area contributed by atoms with Crippen molar-refractivity contribution in [2.24, 2.45) is 0 Å². The lowest BCUT2D eigenvalue weighted by atomic mass is 9.99. The second-order valence-corrected chi connectivity index (χ2v) is 5.76. The molecule has 0 amide bonds. The lowest BCUT2D eigenvalue weighted by Crippen LogP contribution is -2.23. The molecule has 0 spiro atoms. The number of rotatable bonds is 9. The van der Waals surface area contributed by atoms with Crippen LogP contribution in [-0.4, -0.2) is 19.8 Å². The van der Waals surface area contributed by atoms with Gasteiger partial charge in [0.2, 0.25) is 0 Å². The van der Waals surface area contributed by atoms with E-state index >= 15 is 0 Å². The summed E-state index contributed by atoms with van der Waals surface area (Å²) in [6, 6.07) is 6.82. The smallest absolute Gasteiger partial charge is 0.161 e. The van der Waals surface area contributed by atoms with E-state index in [1.165, 1.54) is 37.7 Å². The molecule has 1 aromatic carbocycles. The van der Waals surface area contributed by atoms with Crippen molar-refractivity contribution >= 4 is 0 Å². The maximum Gasteiger partial charge on any atom is 0.161 e. The van der Waals surface area contributed by atoms with Gasteiger partial charge in [0.25, 0.3) is 0 Å². The summed E-state index contributed by atoms with van der Waals surface area (Å²) in [5, 5.41) is 3.67. The molecule has 1 atom stereocenters. The molecule has 0 saturated heterocycles. The largest absolute Gasteiger partial charge is 0.486 e. The van der Waals surface area contributed by atoms with Gasteiger partial charge in [-0.3, -0.25) is 0 Å². The Bertz CT molecular complexity index is 420. The summed E-state index contributed by atoms with van der Waals surface area (Å²) in [4.78, 5) is 0. The van der Waals surface area contributed by atoms with E-state index in [9.17, 15) is 0 Å². The van der Waals surface area contributed by atoms with E-state index in [4.69, 9.17) is 9.47 Å². The van der Waals surface area contributed by atoms with Crippen molar-refractivity contribution in [1.29, 1.82) is 0 Å². The van der Waals surface area contributed by atoms with Crippen LogP contribution in [0, 0.1) is 0 Å². The van der Waals surface area contributed by atoms with Crippen LogP contribution in [0.25, 0.3) is 0 Å². The van der Waals surface area contributed by atoms with Crippen molar-refractivity contribution in [2.45, 2.75) is 58.4 Å². The van der Waals surface area contributed by atoms with Crippen LogP contribution in [0.1, 0.15) is 64.0 Å². The van der Waals surface area contributed by atoms with Gasteiger partial charge in [0.05, 0.1) is 0 Å². The minimum Gasteiger partial charge on any atom is -0.486 e. The molecule has 1 aliphatic heterocycles. The van der Waals surface area contributed by atoms with Crippen molar-refractivity contribution in [1.82, 2.24) is 5.32 Å². The zero-order valence-electron chi connectivity index (χ0n) is 13.5. The summed E-state index contributed by atoms with van der Waals surface area (Å²) in [5.74, 6) is 1.78. The molecule has 1 unspecified atom stereocenters. The van der Waals surface area contributed by atoms with Gasteiger partial charge in [0.15, 0.2) is 11.5 Å². The molecule has 0 bridgehead atoms. The van der Waals surface area contributed by atoms with Gasteiger partial charge in [-0.15, -0.1) is 0 Å². The van der Waals surface area contributed by atoms with E-state index in [-0.39, 0.29) is 0 Å². The molecule has 3 nitrogen and oxygen atoms in total. The molecule has 0 radical (unpaired) electrons. The molecule has 0 saturated carbocycles. The fourth-order valence-corrected chi connectivity index (χ4v) is 2.76. The van der Waals surface area contributed by atoms with Crippen LogP contribution < -0.4 is 14.8 Å². The second kappa shape index (κ2) is 8.93. The Morgan fingerprint density at radius 1 is 1.00 bits per heavy atom. The van der Waals surface area contributed by atoms with E-state index in [1.807, 2.05) is 0 Å². The first-order valence-corrected chi connectivity index (χ1v) is 8.48. The van der Waals surface area contributed by atoms with E-state index < -0.39 is 0 Å². The Kier molecular flexibility index (Phi) is 6.87. The molecule has 3 heteroatoms. The van der Waals surface area contributed by atoms with Crippen LogP contribution in [0.2, 0.25) is 0 Å². The number of ether oxygens (including phenoxy) is 2. The summed E-state index contributed by atoms with van der Waals surface area (Å²) in [5.41, 5.74) is 1.32. The highest BCUT2D eigenvalue weighted by Gasteiger charge is 2.16. The average molecular weight is 291 g/mol. The molecular weight excluding hydrogens is 262 g/mol. The Hall–Kier alpha value is -1.22. The Morgan fingerprint density at radius 3 is 2.57 bits per heavy atom. The Balaban J connectivity index is 2.00. The van der Waals surface area contributed by atoms with Crippen molar-refractivity contribution in [3.05, 3.63) is 23.8 Å². The molecule has 2 rings (SSSR count). The van der Waals surface area contributed by atoms with Crippen molar-refractivity contribution < 1.29 is 9.47 Å². The predicted octanol–water partition coefficient (Wildman–Crippen LogP) is 4.47. The molecule has 1 aromatic rings. The molecule has 1 N–H and O–H groups in total. The lowest BCUT2D eigenvalue weighted by Gasteiger charge is -2.23. The average Bonchev–Trinajstić information content (AvgIpc) is 2.54. The summed E-state index contributed by atoms with van der Waals surface area (Å²) in [6.07, 6.45) is 7.59. The van der Waals surface area contributed by atoms with Gasteiger partial charge in [0.1, 0.15) is 13.2 Å². The van der Waals surface area contributed by atoms with Crippen molar-refractivity contribution in [2.75, 3.05) is 19.8 Å². The molecule has 21 heavy (non-hydrogen) atoms. The highest BCUT2D eigenvalue weighted by Crippen LogP contribution is 2.33. The number of unbranched alkanes of at least 4 members (excludes halogenated alkanes) is 3. The summed E-state index contributed by atoms with van der Waals surface area (Å²) in [7, 11) is 0. The number of hydrogen-bond donors (Lipinski definition) is 1. The summed E-state index contributed by atoms with van der Waals surface area (Å²) >= 11 is 0. The van der Waals surface area contributed by atoms with E-state index in [0.717, 1.165) is 24.5 Å². The monoisotopic (exact) mass is 291 g/mol. The maximum atomic E-state index is 5.71. The first-order chi connectivity index (χ1) is 10.3. The third kappa shape index (κ3) is 4.92. The SMILES string of the molecule is CCCCCCC(NCCC)c1ccc2c(c1)OCCO2. The fraction of sp³-hybridized carbons (Fsp3) is 0.667. The molecule has 1 heterocycles. The highest BCUT2D eigenvalue weighted by molar-refractivity contribution is 5.44. The van der Waals surface area contributed by atoms with Crippen LogP contribution in [-0.2, 0) is 0 Å². The highest BCUT2D eigenvalue weighted by atomic mass is 16.6. The molecule has 1 aliphatic rings. The standard InChI is InChI=1S/C18H29NO2/c1-3-5-6-7-8-16(19-11-4-2)15-9-10-17-18(14-15)21-13-12-20-17/h9-10,14,16,19H,3-8,11-13H2,1-2H3. The van der Waals surface area contributed by atoms with Gasteiger partial charge < -0.3 is 14.8 Å². The van der Waals surface area contributed by atoms with Crippen LogP contribution in [0.15, 0.2) is 18.2 Å². The predicted molar refractivity (Wildman–Crippen MR) is 87.2 cm³/mol. The number of nitrogens with one attached hydrogen (secondary N) is 1. The van der Waals surface area contributed by atoms with Gasteiger partial charge in [-0.05, 0) is 37.1 Å². The van der Waals surface area contributed by atoms with E-state index in [2.05, 4.69) is 37.4 Å². The van der Waals surface area contributed by atoms with Gasteiger partial charge in [-0.25, -0.2) is 0 Å². The molecular formula is C18H29NO2. The van der Waals surface area contributed by atoms with Gasteiger partial charge in [0, 0.05) is 6.04 Å². The quantitative estimate of drug-likeness (QED) is 0.681. The Labute approximate surface area is 129 Å². The normalized spacial score (nSPS) is 15.0. The van der Waals surface area contributed by atoms with Crippen LogP contribution in [0.5, 0.6) is 11.5 Å². The molecule has 0 aromatic heterocycles. The topological polar surface area (TPSA) is 30.5 Å². The minimum atomic E-state index is 0.428. The summed E-state index contributed by atoms with van der Waals surface area (Å²) < 4.78 is 11.3. The zero-order chi connectivity index (χ0) is 14.9. The maximum absolute atomic E-state index is 5.71. The third-order valence-corrected chi connectivity index (χ3v) is 3.96. The summed E-state index contributed by atoms with van der Waals surface area (Å²) in [6.45, 7) is 6.84. The molecule has 0 fully saturated rings. The number of hydrogen-bond acceptors (Lipinski definition) is 3. The number of benzene rings is 1. The van der Waals surface area contributed by atoms with Crippen LogP contribution >= 0.6 is 0 Å². The van der Waals surface area contributed by atoms with Gasteiger partial charge in [-0.1, -0.05) is 45.6 Å². The Morgan fingerprint density at radius 2 is 1.81 bits per heavy atom. The number of fused-ring (bicyclic) bond motifs is 1. The fourth-order valence-electron chi connectivity index (χ4n) is 2.76. The van der Waals surface area contributed by atoms with E-state index in [1.54, 1.807) is 0 Å². The van der Waals surface area contributed by atoms with Gasteiger partial charge in [-0.2, -0.15) is 0 Å². The molecule has 0 aliphatic carbocycles. The first-order valence-electron chi connectivity index (χ1n) is 8.48. The van der Waals surface area contributed by atoms with E-state index in [0.29, 0.717) is 19.3 Å². The zero-order valence-corrected chi connectivity index (χ0v) is 13.5. The molecule has 118 valence electrons. The second-order valence-electron chi connectivity index (χ2n) is 5.76. The minimum absolute atomic E-state index is 0.428. The van der Waals surface area contributed by atoms with Gasteiger partial charge >= 0.3 is 0 Å². The lowest BCUT2D eigenvalue weighted by molar-refractivity contribution is 0.171. The van der Waals surface area contributed by atoms with Crippen molar-refractivity contribution in [3.8, 4) is 11.5 Å². The first kappa shape index (κ1) is 16.2. The van der Waals surface area contributed by atoms with Crippen LogP contribution in [0.3, 0.4) is 0 Å². The van der Waals surface area contributed by atoms with Crippen molar-refractivity contribution in [3.63, 3.8) is 0 Å².